The van der Waals surface area contributed by atoms with Crippen molar-refractivity contribution in [2.75, 3.05) is 6.26 Å². The van der Waals surface area contributed by atoms with E-state index in [-0.39, 0.29) is 0 Å². The summed E-state index contributed by atoms with van der Waals surface area (Å²) in [6.07, 6.45) is 6.49. The maximum Gasteiger partial charge on any atom is 0.399 e. The number of thioether (sulfide) groups is 1. The second-order valence-corrected chi connectivity index (χ2v) is 5.36. The Morgan fingerprint density at radius 2 is 2.26 bits per heavy atom. The van der Waals surface area contributed by atoms with E-state index in [0.29, 0.717) is 12.1 Å². The number of aromatic nitrogens is 1. The van der Waals surface area contributed by atoms with Crippen LogP contribution in [-0.4, -0.2) is 17.3 Å². The predicted octanol–water partition coefficient (Wildman–Crippen LogP) is 3.44. The van der Waals surface area contributed by atoms with Crippen LogP contribution >= 0.6 is 11.8 Å². The van der Waals surface area contributed by atoms with E-state index >= 15 is 0 Å². The molecule has 1 N–H and O–H groups in total. The number of nitrogens with zero attached hydrogens (tertiary/aromatic N) is 1. The van der Waals surface area contributed by atoms with Gasteiger partial charge in [-0.25, -0.2) is 0 Å². The quantitative estimate of drug-likeness (QED) is 0.819. The van der Waals surface area contributed by atoms with Crippen LogP contribution in [0, 0.1) is 0 Å². The molecule has 4 nitrogen and oxygen atoms in total. The first-order valence-electron chi connectivity index (χ1n) is 6.34. The van der Waals surface area contributed by atoms with Crippen LogP contribution in [0.1, 0.15) is 18.5 Å². The Bertz CT molecular complexity index is 552. The summed E-state index contributed by atoms with van der Waals surface area (Å²) in [6, 6.07) is 8.52. The maximum atomic E-state index is 5.68. The summed E-state index contributed by atoms with van der Waals surface area (Å²) in [7, 11) is 0. The highest BCUT2D eigenvalue weighted by Crippen LogP contribution is 2.30. The molecule has 1 aliphatic rings. The molecule has 0 bridgehead atoms. The van der Waals surface area contributed by atoms with Crippen molar-refractivity contribution in [2.45, 2.75) is 30.3 Å². The molecule has 0 aliphatic heterocycles. The monoisotopic (exact) mass is 276 g/mol. The fourth-order valence-electron chi connectivity index (χ4n) is 1.75. The minimum atomic E-state index is 0.300. The topological polar surface area (TPSA) is 47.3 Å². The molecule has 1 aromatic heterocycles. The lowest BCUT2D eigenvalue weighted by molar-refractivity contribution is 0.325. The minimum Gasteiger partial charge on any atom is -0.417 e. The molecule has 3 rings (SSSR count). The summed E-state index contributed by atoms with van der Waals surface area (Å²) in [5.74, 6) is 0.776. The fourth-order valence-corrected chi connectivity index (χ4v) is 2.28. The molecule has 19 heavy (non-hydrogen) atoms. The Balaban J connectivity index is 1.65. The van der Waals surface area contributed by atoms with Crippen molar-refractivity contribution in [3.63, 3.8) is 0 Å². The van der Waals surface area contributed by atoms with Gasteiger partial charge in [0.15, 0.2) is 0 Å². The first-order chi connectivity index (χ1) is 9.35. The van der Waals surface area contributed by atoms with E-state index in [9.17, 15) is 0 Å². The molecule has 5 heteroatoms. The third kappa shape index (κ3) is 3.30. The van der Waals surface area contributed by atoms with Gasteiger partial charge in [0.2, 0.25) is 0 Å². The number of rotatable bonds is 6. The molecular weight excluding hydrogens is 260 g/mol. The molecule has 2 aromatic rings. The molecule has 1 heterocycles. The second-order valence-electron chi connectivity index (χ2n) is 4.51. The van der Waals surface area contributed by atoms with E-state index in [0.717, 1.165) is 22.9 Å². The molecule has 1 aromatic carbocycles. The summed E-state index contributed by atoms with van der Waals surface area (Å²) >= 11 is 1.64. The zero-order valence-electron chi connectivity index (χ0n) is 10.8. The van der Waals surface area contributed by atoms with Crippen molar-refractivity contribution in [3.05, 3.63) is 36.2 Å². The van der Waals surface area contributed by atoms with Crippen LogP contribution < -0.4 is 10.1 Å². The van der Waals surface area contributed by atoms with Crippen molar-refractivity contribution >= 4 is 11.8 Å². The van der Waals surface area contributed by atoms with Crippen LogP contribution in [0.5, 0.6) is 11.8 Å². The average molecular weight is 276 g/mol. The van der Waals surface area contributed by atoms with Gasteiger partial charge in [-0.2, -0.15) is 4.98 Å². The van der Waals surface area contributed by atoms with Crippen LogP contribution in [0.15, 0.2) is 39.8 Å². The van der Waals surface area contributed by atoms with E-state index in [1.807, 2.05) is 30.5 Å². The van der Waals surface area contributed by atoms with Crippen LogP contribution in [0.3, 0.4) is 0 Å². The molecule has 0 amide bonds. The highest BCUT2D eigenvalue weighted by molar-refractivity contribution is 7.98. The lowest BCUT2D eigenvalue weighted by Crippen LogP contribution is -2.15. The summed E-state index contributed by atoms with van der Waals surface area (Å²) in [5, 5.41) is 3.39. The number of para-hydroxylation sites is 1. The largest absolute Gasteiger partial charge is 0.417 e. The van der Waals surface area contributed by atoms with Crippen molar-refractivity contribution in [3.8, 4) is 11.8 Å². The molecule has 1 aliphatic carbocycles. The van der Waals surface area contributed by atoms with Gasteiger partial charge in [0.05, 0.1) is 5.69 Å². The molecule has 100 valence electrons. The van der Waals surface area contributed by atoms with Gasteiger partial charge in [-0.05, 0) is 31.2 Å². The Labute approximate surface area is 116 Å². The fraction of sp³-hybridized carbons (Fsp3) is 0.357. The zero-order valence-corrected chi connectivity index (χ0v) is 11.6. The Kier molecular flexibility index (Phi) is 3.75. The third-order valence-corrected chi connectivity index (χ3v) is 3.72. The van der Waals surface area contributed by atoms with Crippen LogP contribution in [0.25, 0.3) is 0 Å². The van der Waals surface area contributed by atoms with Gasteiger partial charge in [0, 0.05) is 17.5 Å². The van der Waals surface area contributed by atoms with E-state index < -0.39 is 0 Å². The molecule has 1 saturated carbocycles. The first kappa shape index (κ1) is 12.6. The average Bonchev–Trinajstić information content (AvgIpc) is 3.17. The summed E-state index contributed by atoms with van der Waals surface area (Å²) in [4.78, 5) is 5.39. The van der Waals surface area contributed by atoms with E-state index in [4.69, 9.17) is 9.15 Å². The first-order valence-corrected chi connectivity index (χ1v) is 7.56. The number of hydrogen-bond acceptors (Lipinski definition) is 5. The number of oxazole rings is 1. The normalized spacial score (nSPS) is 14.6. The lowest BCUT2D eigenvalue weighted by atomic mass is 10.3. The molecule has 0 radical (unpaired) electrons. The van der Waals surface area contributed by atoms with Crippen molar-refractivity contribution in [1.29, 1.82) is 0 Å². The Morgan fingerprint density at radius 1 is 1.42 bits per heavy atom. The van der Waals surface area contributed by atoms with Crippen LogP contribution in [-0.2, 0) is 6.54 Å². The second kappa shape index (κ2) is 5.67. The van der Waals surface area contributed by atoms with Gasteiger partial charge in [0.1, 0.15) is 12.0 Å². The summed E-state index contributed by atoms with van der Waals surface area (Å²) in [6.45, 7) is 0.738. The molecule has 0 spiro atoms. The number of nitrogens with one attached hydrogen (secondary N) is 1. The Hall–Kier alpha value is -1.46. The molecular formula is C14H16N2O2S. The minimum absolute atomic E-state index is 0.300. The Morgan fingerprint density at radius 3 is 3.05 bits per heavy atom. The number of ether oxygens (including phenoxy) is 1. The number of benzene rings is 1. The van der Waals surface area contributed by atoms with Crippen LogP contribution in [0.2, 0.25) is 0 Å². The number of hydrogen-bond donors (Lipinski definition) is 1. The van der Waals surface area contributed by atoms with Crippen molar-refractivity contribution in [2.24, 2.45) is 0 Å². The van der Waals surface area contributed by atoms with Crippen LogP contribution in [0.4, 0.5) is 0 Å². The highest BCUT2D eigenvalue weighted by atomic mass is 32.2. The van der Waals surface area contributed by atoms with Gasteiger partial charge in [-0.15, -0.1) is 11.8 Å². The van der Waals surface area contributed by atoms with Crippen molar-refractivity contribution < 1.29 is 9.15 Å². The summed E-state index contributed by atoms with van der Waals surface area (Å²) in [5.41, 5.74) is 0.878. The highest BCUT2D eigenvalue weighted by Gasteiger charge is 2.20. The smallest absolute Gasteiger partial charge is 0.399 e. The third-order valence-electron chi connectivity index (χ3n) is 2.95. The van der Waals surface area contributed by atoms with Gasteiger partial charge in [-0.1, -0.05) is 12.1 Å². The SMILES string of the molecule is CSc1ccccc1Oc1nc(CNC2CC2)co1. The maximum absolute atomic E-state index is 5.68. The van der Waals surface area contributed by atoms with Gasteiger partial charge in [0.25, 0.3) is 0 Å². The lowest BCUT2D eigenvalue weighted by Gasteiger charge is -2.04. The predicted molar refractivity (Wildman–Crippen MR) is 74.7 cm³/mol. The van der Waals surface area contributed by atoms with E-state index in [1.165, 1.54) is 12.8 Å². The molecule has 0 atom stereocenters. The van der Waals surface area contributed by atoms with Crippen molar-refractivity contribution in [1.82, 2.24) is 10.3 Å². The van der Waals surface area contributed by atoms with Gasteiger partial charge >= 0.3 is 6.08 Å². The molecule has 1 fully saturated rings. The standard InChI is InChI=1S/C14H16N2O2S/c1-19-13-5-3-2-4-12(13)18-14-16-11(9-17-14)8-15-10-6-7-10/h2-5,9-10,15H,6-8H2,1H3. The van der Waals surface area contributed by atoms with Gasteiger partial charge in [-0.3, -0.25) is 0 Å². The summed E-state index contributed by atoms with van der Waals surface area (Å²) < 4.78 is 11.0. The van der Waals surface area contributed by atoms with Gasteiger partial charge < -0.3 is 14.5 Å². The van der Waals surface area contributed by atoms with E-state index in [1.54, 1.807) is 18.0 Å². The zero-order chi connectivity index (χ0) is 13.1. The van der Waals surface area contributed by atoms with E-state index in [2.05, 4.69) is 10.3 Å². The molecule has 0 unspecified atom stereocenters. The molecule has 0 saturated heterocycles.